The Kier molecular flexibility index (Phi) is 4.16. The maximum absolute atomic E-state index is 12.3. The van der Waals surface area contributed by atoms with E-state index in [-0.39, 0.29) is 24.3 Å². The average Bonchev–Trinajstić information content (AvgIpc) is 2.66. The summed E-state index contributed by atoms with van der Waals surface area (Å²) < 4.78 is 0. The highest BCUT2D eigenvalue weighted by molar-refractivity contribution is 6.01. The Balaban J connectivity index is 2.09. The van der Waals surface area contributed by atoms with Crippen molar-refractivity contribution in [3.63, 3.8) is 0 Å². The van der Waals surface area contributed by atoms with E-state index in [4.69, 9.17) is 5.73 Å². The van der Waals surface area contributed by atoms with E-state index in [9.17, 15) is 9.59 Å². The first-order valence-electron chi connectivity index (χ1n) is 6.51. The Labute approximate surface area is 112 Å². The first-order valence-corrected chi connectivity index (χ1v) is 6.51. The molecule has 0 aliphatic carbocycles. The van der Waals surface area contributed by atoms with Gasteiger partial charge in [0.25, 0.3) is 0 Å². The number of para-hydroxylation sites is 1. The first-order chi connectivity index (χ1) is 9.13. The van der Waals surface area contributed by atoms with Gasteiger partial charge in [-0.05, 0) is 25.5 Å². The second-order valence-electron chi connectivity index (χ2n) is 4.79. The van der Waals surface area contributed by atoms with E-state index >= 15 is 0 Å². The molecule has 1 aromatic rings. The second-order valence-corrected chi connectivity index (χ2v) is 4.79. The Bertz CT molecular complexity index is 461. The third kappa shape index (κ3) is 2.93. The molecule has 2 unspecified atom stereocenters. The molecular weight excluding hydrogens is 242 g/mol. The molecule has 0 spiro atoms. The number of nitrogens with one attached hydrogen (secondary N) is 1. The SMILES string of the molecule is CC1CC(NC(=O)CCN)C(=O)N1c1ccccc1. The van der Waals surface area contributed by atoms with Crippen molar-refractivity contribution in [3.8, 4) is 0 Å². The van der Waals surface area contributed by atoms with Crippen LogP contribution in [0.1, 0.15) is 19.8 Å². The van der Waals surface area contributed by atoms with Gasteiger partial charge in [0.1, 0.15) is 6.04 Å². The van der Waals surface area contributed by atoms with Gasteiger partial charge in [0.15, 0.2) is 0 Å². The molecule has 19 heavy (non-hydrogen) atoms. The molecule has 1 fully saturated rings. The molecule has 5 heteroatoms. The average molecular weight is 261 g/mol. The lowest BCUT2D eigenvalue weighted by atomic mass is 10.2. The van der Waals surface area contributed by atoms with Crippen molar-refractivity contribution in [2.24, 2.45) is 5.73 Å². The minimum atomic E-state index is -0.436. The van der Waals surface area contributed by atoms with Crippen molar-refractivity contribution in [2.45, 2.75) is 31.8 Å². The molecule has 1 aromatic carbocycles. The summed E-state index contributed by atoms with van der Waals surface area (Å²) in [7, 11) is 0. The third-order valence-corrected chi connectivity index (χ3v) is 3.29. The van der Waals surface area contributed by atoms with Crippen LogP contribution in [0.2, 0.25) is 0 Å². The number of rotatable bonds is 4. The zero-order valence-electron chi connectivity index (χ0n) is 11.0. The highest BCUT2D eigenvalue weighted by Gasteiger charge is 2.38. The van der Waals surface area contributed by atoms with Crippen molar-refractivity contribution in [2.75, 3.05) is 11.4 Å². The third-order valence-electron chi connectivity index (χ3n) is 3.29. The van der Waals surface area contributed by atoms with Crippen molar-refractivity contribution >= 4 is 17.5 Å². The number of nitrogens with zero attached hydrogens (tertiary/aromatic N) is 1. The van der Waals surface area contributed by atoms with Crippen LogP contribution in [0.3, 0.4) is 0 Å². The number of anilines is 1. The molecule has 5 nitrogen and oxygen atoms in total. The smallest absolute Gasteiger partial charge is 0.249 e. The molecule has 1 heterocycles. The maximum atomic E-state index is 12.3. The van der Waals surface area contributed by atoms with Crippen LogP contribution in [0.25, 0.3) is 0 Å². The largest absolute Gasteiger partial charge is 0.344 e. The van der Waals surface area contributed by atoms with Gasteiger partial charge < -0.3 is 16.0 Å². The van der Waals surface area contributed by atoms with Crippen LogP contribution in [0.15, 0.2) is 30.3 Å². The molecule has 102 valence electrons. The fourth-order valence-corrected chi connectivity index (χ4v) is 2.42. The van der Waals surface area contributed by atoms with Gasteiger partial charge in [-0.25, -0.2) is 0 Å². The predicted octanol–water partition coefficient (Wildman–Crippen LogP) is 0.645. The van der Waals surface area contributed by atoms with Crippen LogP contribution in [0.5, 0.6) is 0 Å². The summed E-state index contributed by atoms with van der Waals surface area (Å²) in [6.07, 6.45) is 0.882. The molecule has 1 aliphatic heterocycles. The zero-order chi connectivity index (χ0) is 13.8. The monoisotopic (exact) mass is 261 g/mol. The molecule has 2 atom stereocenters. The Morgan fingerprint density at radius 2 is 2.11 bits per heavy atom. The number of hydrogen-bond acceptors (Lipinski definition) is 3. The minimum absolute atomic E-state index is 0.0518. The zero-order valence-corrected chi connectivity index (χ0v) is 11.0. The van der Waals surface area contributed by atoms with Crippen LogP contribution in [-0.2, 0) is 9.59 Å². The van der Waals surface area contributed by atoms with E-state index in [0.717, 1.165) is 5.69 Å². The van der Waals surface area contributed by atoms with Crippen LogP contribution in [-0.4, -0.2) is 30.4 Å². The van der Waals surface area contributed by atoms with Crippen molar-refractivity contribution in [3.05, 3.63) is 30.3 Å². The van der Waals surface area contributed by atoms with Gasteiger partial charge >= 0.3 is 0 Å². The van der Waals surface area contributed by atoms with Gasteiger partial charge in [-0.15, -0.1) is 0 Å². The second kappa shape index (κ2) is 5.84. The molecule has 0 bridgehead atoms. The fraction of sp³-hybridized carbons (Fsp3) is 0.429. The lowest BCUT2D eigenvalue weighted by Gasteiger charge is -2.21. The quantitative estimate of drug-likeness (QED) is 0.835. The number of nitrogens with two attached hydrogens (primary N) is 1. The summed E-state index contributed by atoms with van der Waals surface area (Å²) in [6.45, 7) is 2.28. The number of carbonyl (C=O) groups excluding carboxylic acids is 2. The van der Waals surface area contributed by atoms with Crippen LogP contribution >= 0.6 is 0 Å². The molecular formula is C14H19N3O2. The van der Waals surface area contributed by atoms with E-state index in [2.05, 4.69) is 5.32 Å². The summed E-state index contributed by atoms with van der Waals surface area (Å²) in [5.41, 5.74) is 6.20. The number of benzene rings is 1. The Hall–Kier alpha value is -1.88. The Morgan fingerprint density at radius 1 is 1.42 bits per heavy atom. The minimum Gasteiger partial charge on any atom is -0.344 e. The van der Waals surface area contributed by atoms with Crippen molar-refractivity contribution in [1.82, 2.24) is 5.32 Å². The lowest BCUT2D eigenvalue weighted by molar-refractivity contribution is -0.126. The number of amides is 2. The van der Waals surface area contributed by atoms with Crippen molar-refractivity contribution < 1.29 is 9.59 Å². The molecule has 2 rings (SSSR count). The van der Waals surface area contributed by atoms with Crippen LogP contribution in [0.4, 0.5) is 5.69 Å². The van der Waals surface area contributed by atoms with E-state index in [0.29, 0.717) is 13.0 Å². The Morgan fingerprint density at radius 3 is 2.74 bits per heavy atom. The van der Waals surface area contributed by atoms with Gasteiger partial charge in [-0.2, -0.15) is 0 Å². The fourth-order valence-electron chi connectivity index (χ4n) is 2.42. The summed E-state index contributed by atoms with van der Waals surface area (Å²) in [4.78, 5) is 25.6. The van der Waals surface area contributed by atoms with Gasteiger partial charge in [0.2, 0.25) is 11.8 Å². The molecule has 0 aromatic heterocycles. The van der Waals surface area contributed by atoms with Gasteiger partial charge in [0, 0.05) is 24.7 Å². The summed E-state index contributed by atoms with van der Waals surface area (Å²) >= 11 is 0. The van der Waals surface area contributed by atoms with Gasteiger partial charge in [0.05, 0.1) is 0 Å². The molecule has 1 saturated heterocycles. The highest BCUT2D eigenvalue weighted by atomic mass is 16.2. The van der Waals surface area contributed by atoms with Gasteiger partial charge in [-0.1, -0.05) is 18.2 Å². The summed E-state index contributed by atoms with van der Waals surface area (Å²) in [5.74, 6) is -0.216. The van der Waals surface area contributed by atoms with Gasteiger partial charge in [-0.3, -0.25) is 9.59 Å². The van der Waals surface area contributed by atoms with Crippen molar-refractivity contribution in [1.29, 1.82) is 0 Å². The van der Waals surface area contributed by atoms with E-state index in [1.165, 1.54) is 0 Å². The van der Waals surface area contributed by atoms with Crippen LogP contribution in [0, 0.1) is 0 Å². The molecule has 3 N–H and O–H groups in total. The predicted molar refractivity (Wildman–Crippen MR) is 73.6 cm³/mol. The normalized spacial score (nSPS) is 22.6. The lowest BCUT2D eigenvalue weighted by Crippen LogP contribution is -2.42. The van der Waals surface area contributed by atoms with Crippen LogP contribution < -0.4 is 16.0 Å². The number of carbonyl (C=O) groups is 2. The molecule has 0 saturated carbocycles. The summed E-state index contributed by atoms with van der Waals surface area (Å²) in [5, 5.41) is 2.75. The van der Waals surface area contributed by atoms with E-state index < -0.39 is 6.04 Å². The molecule has 1 aliphatic rings. The first kappa shape index (κ1) is 13.5. The van der Waals surface area contributed by atoms with E-state index in [1.54, 1.807) is 4.90 Å². The maximum Gasteiger partial charge on any atom is 0.249 e. The highest BCUT2D eigenvalue weighted by Crippen LogP contribution is 2.26. The molecule has 2 amide bonds. The molecule has 0 radical (unpaired) electrons. The van der Waals surface area contributed by atoms with E-state index in [1.807, 2.05) is 37.3 Å². The summed E-state index contributed by atoms with van der Waals surface area (Å²) in [6, 6.07) is 9.16. The standard InChI is InChI=1S/C14H19N3O2/c1-10-9-12(16-13(18)7-8-15)14(19)17(10)11-5-3-2-4-6-11/h2-6,10,12H,7-9,15H2,1H3,(H,16,18). The number of hydrogen-bond donors (Lipinski definition) is 2. The topological polar surface area (TPSA) is 75.4 Å².